The summed E-state index contributed by atoms with van der Waals surface area (Å²) in [6.45, 7) is 2.26. The van der Waals surface area contributed by atoms with Crippen molar-refractivity contribution in [3.63, 3.8) is 0 Å². The minimum Gasteiger partial charge on any atom is -0.481 e. The van der Waals surface area contributed by atoms with Crippen molar-refractivity contribution in [3.05, 3.63) is 36.2 Å². The molecule has 2 N–H and O–H groups in total. The highest BCUT2D eigenvalue weighted by molar-refractivity contribution is 5.78. The number of alkyl halides is 2. The number of para-hydroxylation sites is 2. The fourth-order valence-corrected chi connectivity index (χ4v) is 4.64. The molecule has 0 spiro atoms. The van der Waals surface area contributed by atoms with Crippen LogP contribution in [0, 0.1) is 5.92 Å². The van der Waals surface area contributed by atoms with Crippen LogP contribution in [0.25, 0.3) is 16.9 Å². The lowest BCUT2D eigenvalue weighted by Crippen LogP contribution is -2.37. The molecular formula is C23H26F2N6O3. The van der Waals surface area contributed by atoms with Crippen LogP contribution < -0.4 is 10.2 Å². The van der Waals surface area contributed by atoms with E-state index in [4.69, 9.17) is 4.74 Å². The van der Waals surface area contributed by atoms with Crippen LogP contribution in [-0.4, -0.2) is 62.9 Å². The molecule has 1 saturated carbocycles. The molecule has 34 heavy (non-hydrogen) atoms. The maximum absolute atomic E-state index is 14.0. The van der Waals surface area contributed by atoms with Crippen LogP contribution in [0.5, 0.6) is 0 Å². The van der Waals surface area contributed by atoms with Gasteiger partial charge in [0.05, 0.1) is 30.2 Å². The molecule has 1 saturated heterocycles. The normalized spacial score (nSPS) is 21.2. The summed E-state index contributed by atoms with van der Waals surface area (Å²) in [6.07, 6.45) is -0.220. The third kappa shape index (κ3) is 4.52. The lowest BCUT2D eigenvalue weighted by atomic mass is 9.86. The summed E-state index contributed by atoms with van der Waals surface area (Å²) >= 11 is 0. The van der Waals surface area contributed by atoms with Crippen LogP contribution in [-0.2, 0) is 9.53 Å². The van der Waals surface area contributed by atoms with E-state index in [9.17, 15) is 18.7 Å². The number of rotatable bonds is 6. The number of carboxylic acids is 1. The molecule has 2 aromatic heterocycles. The molecule has 180 valence electrons. The van der Waals surface area contributed by atoms with Gasteiger partial charge in [0.1, 0.15) is 11.6 Å². The number of aromatic nitrogens is 4. The Balaban J connectivity index is 1.53. The van der Waals surface area contributed by atoms with E-state index in [1.54, 1.807) is 30.3 Å². The fraction of sp³-hybridized carbons (Fsp3) is 0.478. The molecule has 3 aromatic rings. The van der Waals surface area contributed by atoms with E-state index in [1.165, 1.54) is 4.57 Å². The van der Waals surface area contributed by atoms with Gasteiger partial charge in [0.15, 0.2) is 5.82 Å². The van der Waals surface area contributed by atoms with Crippen molar-refractivity contribution < 1.29 is 23.4 Å². The maximum atomic E-state index is 14.0. The summed E-state index contributed by atoms with van der Waals surface area (Å²) in [5.74, 6) is -0.204. The summed E-state index contributed by atoms with van der Waals surface area (Å²) < 4.78 is 34.8. The van der Waals surface area contributed by atoms with Gasteiger partial charge < -0.3 is 20.1 Å². The zero-order chi connectivity index (χ0) is 23.7. The molecule has 1 aliphatic heterocycles. The van der Waals surface area contributed by atoms with Crippen LogP contribution in [0.1, 0.15) is 37.9 Å². The average molecular weight is 472 g/mol. The number of nitrogens with zero attached hydrogens (tertiary/aromatic N) is 5. The Morgan fingerprint density at radius 2 is 1.82 bits per heavy atom. The number of aliphatic carboxylic acids is 1. The predicted molar refractivity (Wildman–Crippen MR) is 122 cm³/mol. The summed E-state index contributed by atoms with van der Waals surface area (Å²) in [5, 5.41) is 12.7. The van der Waals surface area contributed by atoms with Crippen molar-refractivity contribution in [1.29, 1.82) is 0 Å². The van der Waals surface area contributed by atoms with Crippen LogP contribution >= 0.6 is 0 Å². The van der Waals surface area contributed by atoms with E-state index in [0.717, 1.165) is 0 Å². The van der Waals surface area contributed by atoms with Gasteiger partial charge >= 0.3 is 5.97 Å². The second kappa shape index (κ2) is 9.49. The van der Waals surface area contributed by atoms with E-state index in [0.29, 0.717) is 80.6 Å². The van der Waals surface area contributed by atoms with Crippen LogP contribution in [0.2, 0.25) is 0 Å². The SMILES string of the molecule is O=C(O)[C@H]1CC[C@H](Nc2cc(-n3c(C(F)F)nc4ccccc43)nc(N3CCOCC3)n2)CC1. The minimum absolute atomic E-state index is 0.0463. The molecule has 0 atom stereocenters. The fourth-order valence-electron chi connectivity index (χ4n) is 4.64. The van der Waals surface area contributed by atoms with Crippen molar-refractivity contribution in [2.45, 2.75) is 38.2 Å². The van der Waals surface area contributed by atoms with Gasteiger partial charge in [-0.3, -0.25) is 9.36 Å². The van der Waals surface area contributed by atoms with Crippen LogP contribution in [0.4, 0.5) is 20.5 Å². The second-order valence-electron chi connectivity index (χ2n) is 8.64. The second-order valence-corrected chi connectivity index (χ2v) is 8.64. The van der Waals surface area contributed by atoms with E-state index in [2.05, 4.69) is 20.3 Å². The Hall–Kier alpha value is -3.34. The number of nitrogens with one attached hydrogen (secondary N) is 1. The molecule has 11 heteroatoms. The zero-order valence-electron chi connectivity index (χ0n) is 18.5. The molecule has 2 aliphatic rings. The third-order valence-corrected chi connectivity index (χ3v) is 6.43. The van der Waals surface area contributed by atoms with Gasteiger partial charge in [-0.25, -0.2) is 13.8 Å². The average Bonchev–Trinajstić information content (AvgIpc) is 3.25. The predicted octanol–water partition coefficient (Wildman–Crippen LogP) is 3.65. The highest BCUT2D eigenvalue weighted by atomic mass is 19.3. The van der Waals surface area contributed by atoms with Gasteiger partial charge in [-0.1, -0.05) is 12.1 Å². The van der Waals surface area contributed by atoms with E-state index in [1.807, 2.05) is 4.90 Å². The number of fused-ring (bicyclic) bond motifs is 1. The van der Waals surface area contributed by atoms with Crippen molar-refractivity contribution in [3.8, 4) is 5.82 Å². The highest BCUT2D eigenvalue weighted by Gasteiger charge is 2.27. The topological polar surface area (TPSA) is 105 Å². The molecule has 5 rings (SSSR count). The smallest absolute Gasteiger partial charge is 0.306 e. The highest BCUT2D eigenvalue weighted by Crippen LogP contribution is 2.31. The van der Waals surface area contributed by atoms with Gasteiger partial charge in [-0.2, -0.15) is 9.97 Å². The van der Waals surface area contributed by atoms with Crippen molar-refractivity contribution in [2.24, 2.45) is 5.92 Å². The summed E-state index contributed by atoms with van der Waals surface area (Å²) in [4.78, 5) is 26.7. The molecule has 9 nitrogen and oxygen atoms in total. The van der Waals surface area contributed by atoms with Crippen LogP contribution in [0.15, 0.2) is 30.3 Å². The first-order chi connectivity index (χ1) is 16.5. The number of carboxylic acid groups (broad SMARTS) is 1. The molecule has 1 aliphatic carbocycles. The first kappa shape index (κ1) is 22.5. The Bertz CT molecular complexity index is 1170. The molecule has 0 radical (unpaired) electrons. The number of imidazole rings is 1. The van der Waals surface area contributed by atoms with Gasteiger partial charge in [0.25, 0.3) is 6.43 Å². The van der Waals surface area contributed by atoms with Gasteiger partial charge in [0, 0.05) is 25.2 Å². The minimum atomic E-state index is -2.78. The zero-order valence-corrected chi connectivity index (χ0v) is 18.5. The van der Waals surface area contributed by atoms with E-state index < -0.39 is 12.4 Å². The Morgan fingerprint density at radius 3 is 2.53 bits per heavy atom. The molecule has 0 bridgehead atoms. The molecule has 3 heterocycles. The monoisotopic (exact) mass is 472 g/mol. The van der Waals surface area contributed by atoms with E-state index in [-0.39, 0.29) is 17.8 Å². The van der Waals surface area contributed by atoms with Gasteiger partial charge in [-0.05, 0) is 37.8 Å². The first-order valence-corrected chi connectivity index (χ1v) is 11.5. The largest absolute Gasteiger partial charge is 0.481 e. The molecule has 1 aromatic carbocycles. The van der Waals surface area contributed by atoms with Crippen molar-refractivity contribution in [2.75, 3.05) is 36.5 Å². The third-order valence-electron chi connectivity index (χ3n) is 6.43. The summed E-state index contributed by atoms with van der Waals surface area (Å²) in [6, 6.07) is 8.68. The number of anilines is 2. The Morgan fingerprint density at radius 1 is 1.09 bits per heavy atom. The van der Waals surface area contributed by atoms with E-state index >= 15 is 0 Å². The lowest BCUT2D eigenvalue weighted by molar-refractivity contribution is -0.142. The van der Waals surface area contributed by atoms with Crippen molar-refractivity contribution in [1.82, 2.24) is 19.5 Å². The molecule has 0 unspecified atom stereocenters. The number of benzene rings is 1. The number of morpholine rings is 1. The number of carbonyl (C=O) groups is 1. The first-order valence-electron chi connectivity index (χ1n) is 11.5. The summed E-state index contributed by atoms with van der Waals surface area (Å²) in [5.41, 5.74) is 1.00. The van der Waals surface area contributed by atoms with Crippen LogP contribution in [0.3, 0.4) is 0 Å². The molecule has 2 fully saturated rings. The Labute approximate surface area is 194 Å². The molecular weight excluding hydrogens is 446 g/mol. The number of hydrogen-bond acceptors (Lipinski definition) is 7. The summed E-state index contributed by atoms with van der Waals surface area (Å²) in [7, 11) is 0. The molecule has 0 amide bonds. The lowest BCUT2D eigenvalue weighted by Gasteiger charge is -2.29. The van der Waals surface area contributed by atoms with Gasteiger partial charge in [-0.15, -0.1) is 0 Å². The number of ether oxygens (including phenoxy) is 1. The Kier molecular flexibility index (Phi) is 6.27. The maximum Gasteiger partial charge on any atom is 0.306 e. The quantitative estimate of drug-likeness (QED) is 0.560. The number of hydrogen-bond donors (Lipinski definition) is 2. The standard InChI is InChI=1S/C23H26F2N6O3/c24-20(25)21-27-16-3-1-2-4-17(16)31(21)19-13-18(26-15-7-5-14(6-8-15)22(32)33)28-23(29-19)30-9-11-34-12-10-30/h1-4,13-15,20H,5-12H2,(H,32,33)(H,26,28,29)/t14-,15-. The van der Waals surface area contributed by atoms with Gasteiger partial charge in [0.2, 0.25) is 5.95 Å². The number of halogens is 2. The van der Waals surface area contributed by atoms with Crippen molar-refractivity contribution >= 4 is 28.8 Å².